The highest BCUT2D eigenvalue weighted by molar-refractivity contribution is 8.00. The van der Waals surface area contributed by atoms with Crippen LogP contribution in [0.1, 0.15) is 43.7 Å². The van der Waals surface area contributed by atoms with Gasteiger partial charge in [-0.15, -0.1) is 0 Å². The van der Waals surface area contributed by atoms with Crippen LogP contribution < -0.4 is 5.56 Å². The molecule has 1 atom stereocenters. The van der Waals surface area contributed by atoms with Gasteiger partial charge in [-0.05, 0) is 25.8 Å². The van der Waals surface area contributed by atoms with Crippen LogP contribution in [0.2, 0.25) is 0 Å². The standard InChI is InChI=1S/C19H25N3O2S/c1-4-10-15-13-16(23)21-19(20-15)25-17(14-11-8-7-9-12-14)18(24)22(5-2)6-3/h7-9,11-13,17H,4-6,10H2,1-3H3,(H,20,21,23). The number of carbonyl (C=O) groups is 1. The van der Waals surface area contributed by atoms with Gasteiger partial charge in [0, 0.05) is 24.8 Å². The largest absolute Gasteiger partial charge is 0.342 e. The molecule has 0 aliphatic rings. The fourth-order valence-corrected chi connectivity index (χ4v) is 3.72. The Labute approximate surface area is 152 Å². The van der Waals surface area contributed by atoms with Crippen molar-refractivity contribution < 1.29 is 4.79 Å². The van der Waals surface area contributed by atoms with Crippen molar-refractivity contribution in [1.29, 1.82) is 0 Å². The number of likely N-dealkylation sites (N-methyl/N-ethyl adjacent to an activating group) is 1. The molecule has 0 radical (unpaired) electrons. The normalized spacial score (nSPS) is 12.0. The van der Waals surface area contributed by atoms with E-state index in [0.29, 0.717) is 18.2 Å². The smallest absolute Gasteiger partial charge is 0.251 e. The number of aromatic amines is 1. The van der Waals surface area contributed by atoms with Crippen LogP contribution in [0, 0.1) is 0 Å². The second-order valence-corrected chi connectivity index (χ2v) is 6.80. The quantitative estimate of drug-likeness (QED) is 0.579. The summed E-state index contributed by atoms with van der Waals surface area (Å²) in [5.74, 6) is 0.0322. The van der Waals surface area contributed by atoms with Crippen LogP contribution in [-0.2, 0) is 11.2 Å². The lowest BCUT2D eigenvalue weighted by Crippen LogP contribution is -2.34. The zero-order valence-electron chi connectivity index (χ0n) is 15.0. The molecule has 1 N–H and O–H groups in total. The predicted molar refractivity (Wildman–Crippen MR) is 102 cm³/mol. The summed E-state index contributed by atoms with van der Waals surface area (Å²) in [5, 5.41) is 0.0615. The van der Waals surface area contributed by atoms with Gasteiger partial charge in [0.15, 0.2) is 5.16 Å². The molecular weight excluding hydrogens is 334 g/mol. The number of nitrogens with zero attached hydrogens (tertiary/aromatic N) is 2. The van der Waals surface area contributed by atoms with Gasteiger partial charge >= 0.3 is 0 Å². The number of hydrogen-bond donors (Lipinski definition) is 1. The maximum Gasteiger partial charge on any atom is 0.251 e. The van der Waals surface area contributed by atoms with Crippen molar-refractivity contribution in [3.63, 3.8) is 0 Å². The Morgan fingerprint density at radius 3 is 2.48 bits per heavy atom. The summed E-state index contributed by atoms with van der Waals surface area (Å²) < 4.78 is 0. The molecule has 134 valence electrons. The minimum Gasteiger partial charge on any atom is -0.342 e. The second kappa shape index (κ2) is 9.42. The molecule has 0 aliphatic carbocycles. The van der Waals surface area contributed by atoms with E-state index in [1.807, 2.05) is 51.1 Å². The van der Waals surface area contributed by atoms with E-state index < -0.39 is 5.25 Å². The predicted octanol–water partition coefficient (Wildman–Crippen LogP) is 3.42. The molecule has 0 spiro atoms. The molecule has 1 aromatic heterocycles. The lowest BCUT2D eigenvalue weighted by molar-refractivity contribution is -0.130. The average Bonchev–Trinajstić information content (AvgIpc) is 2.61. The molecule has 1 aromatic carbocycles. The van der Waals surface area contributed by atoms with Crippen LogP contribution in [0.15, 0.2) is 46.3 Å². The maximum atomic E-state index is 13.0. The number of thioether (sulfide) groups is 1. The molecule has 2 aromatic rings. The number of carbonyl (C=O) groups excluding carboxylic acids is 1. The molecule has 0 fully saturated rings. The highest BCUT2D eigenvalue weighted by Gasteiger charge is 2.26. The van der Waals surface area contributed by atoms with Gasteiger partial charge in [0.2, 0.25) is 5.91 Å². The first kappa shape index (κ1) is 19.2. The van der Waals surface area contributed by atoms with E-state index in [2.05, 4.69) is 9.97 Å². The molecule has 0 aliphatic heterocycles. The second-order valence-electron chi connectivity index (χ2n) is 5.71. The van der Waals surface area contributed by atoms with Crippen molar-refractivity contribution in [2.24, 2.45) is 0 Å². The summed E-state index contributed by atoms with van der Waals surface area (Å²) in [6, 6.07) is 11.2. The molecule has 5 nitrogen and oxygen atoms in total. The topological polar surface area (TPSA) is 66.1 Å². The van der Waals surface area contributed by atoms with Gasteiger partial charge in [0.25, 0.3) is 5.56 Å². The number of aromatic nitrogens is 2. The number of nitrogens with one attached hydrogen (secondary N) is 1. The average molecular weight is 359 g/mol. The summed E-state index contributed by atoms with van der Waals surface area (Å²) in [6.07, 6.45) is 1.67. The molecule has 6 heteroatoms. The van der Waals surface area contributed by atoms with E-state index in [-0.39, 0.29) is 11.5 Å². The number of rotatable bonds is 8. The third-order valence-corrected chi connectivity index (χ3v) is 5.04. The number of benzene rings is 1. The third-order valence-electron chi connectivity index (χ3n) is 3.91. The summed E-state index contributed by atoms with van der Waals surface area (Å²) in [6.45, 7) is 7.29. The van der Waals surface area contributed by atoms with Crippen molar-refractivity contribution in [2.75, 3.05) is 13.1 Å². The summed E-state index contributed by atoms with van der Waals surface area (Å²) >= 11 is 1.31. The van der Waals surface area contributed by atoms with Gasteiger partial charge in [-0.1, -0.05) is 55.4 Å². The Morgan fingerprint density at radius 1 is 1.20 bits per heavy atom. The molecule has 1 amide bonds. The summed E-state index contributed by atoms with van der Waals surface area (Å²) in [4.78, 5) is 34.0. The number of hydrogen-bond acceptors (Lipinski definition) is 4. The summed E-state index contributed by atoms with van der Waals surface area (Å²) in [7, 11) is 0. The van der Waals surface area contributed by atoms with E-state index in [4.69, 9.17) is 0 Å². The maximum absolute atomic E-state index is 13.0. The molecule has 25 heavy (non-hydrogen) atoms. The summed E-state index contributed by atoms with van der Waals surface area (Å²) in [5.41, 5.74) is 1.49. The van der Waals surface area contributed by atoms with Crippen LogP contribution in [0.25, 0.3) is 0 Å². The Balaban J connectivity index is 2.37. The van der Waals surface area contributed by atoms with Gasteiger partial charge in [0.1, 0.15) is 5.25 Å². The molecule has 1 unspecified atom stereocenters. The van der Waals surface area contributed by atoms with E-state index in [9.17, 15) is 9.59 Å². The van der Waals surface area contributed by atoms with Crippen molar-refractivity contribution in [2.45, 2.75) is 44.0 Å². The zero-order valence-corrected chi connectivity index (χ0v) is 15.8. The first-order chi connectivity index (χ1) is 12.1. The molecule has 1 heterocycles. The number of H-pyrrole nitrogens is 1. The van der Waals surface area contributed by atoms with E-state index >= 15 is 0 Å². The number of amides is 1. The molecule has 0 saturated heterocycles. The Bertz CT molecular complexity index is 742. The lowest BCUT2D eigenvalue weighted by atomic mass is 10.1. The molecule has 0 bridgehead atoms. The minimum absolute atomic E-state index is 0.0322. The molecular formula is C19H25N3O2S. The SMILES string of the molecule is CCCc1cc(=O)[nH]c(SC(C(=O)N(CC)CC)c2ccccc2)n1. The highest BCUT2D eigenvalue weighted by Crippen LogP contribution is 2.34. The highest BCUT2D eigenvalue weighted by atomic mass is 32.2. The Hall–Kier alpha value is -2.08. The zero-order chi connectivity index (χ0) is 18.2. The van der Waals surface area contributed by atoms with E-state index in [1.165, 1.54) is 17.8 Å². The van der Waals surface area contributed by atoms with Gasteiger partial charge in [-0.2, -0.15) is 0 Å². The minimum atomic E-state index is -0.430. The fraction of sp³-hybridized carbons (Fsp3) is 0.421. The van der Waals surface area contributed by atoms with Gasteiger partial charge in [-0.3, -0.25) is 9.59 Å². The van der Waals surface area contributed by atoms with E-state index in [1.54, 1.807) is 4.90 Å². The first-order valence-corrected chi connectivity index (χ1v) is 9.57. The fourth-order valence-electron chi connectivity index (χ4n) is 2.63. The van der Waals surface area contributed by atoms with Crippen LogP contribution in [0.5, 0.6) is 0 Å². The van der Waals surface area contributed by atoms with Crippen LogP contribution >= 0.6 is 11.8 Å². The van der Waals surface area contributed by atoms with Crippen LogP contribution in [0.4, 0.5) is 0 Å². The van der Waals surface area contributed by atoms with Gasteiger partial charge in [0.05, 0.1) is 0 Å². The van der Waals surface area contributed by atoms with Crippen molar-refractivity contribution in [3.05, 3.63) is 58.0 Å². The Morgan fingerprint density at radius 2 is 1.88 bits per heavy atom. The molecule has 0 saturated carbocycles. The first-order valence-electron chi connectivity index (χ1n) is 8.69. The molecule has 2 rings (SSSR count). The number of aryl methyl sites for hydroxylation is 1. The Kier molecular flexibility index (Phi) is 7.25. The van der Waals surface area contributed by atoms with E-state index in [0.717, 1.165) is 24.1 Å². The van der Waals surface area contributed by atoms with Crippen LogP contribution in [0.3, 0.4) is 0 Å². The van der Waals surface area contributed by atoms with Crippen molar-refractivity contribution in [1.82, 2.24) is 14.9 Å². The third kappa shape index (κ3) is 5.19. The lowest BCUT2D eigenvalue weighted by Gasteiger charge is -2.24. The van der Waals surface area contributed by atoms with Gasteiger partial charge < -0.3 is 9.88 Å². The van der Waals surface area contributed by atoms with Crippen molar-refractivity contribution in [3.8, 4) is 0 Å². The monoisotopic (exact) mass is 359 g/mol. The van der Waals surface area contributed by atoms with Crippen LogP contribution in [-0.4, -0.2) is 33.9 Å². The van der Waals surface area contributed by atoms with Crippen molar-refractivity contribution >= 4 is 17.7 Å². The van der Waals surface area contributed by atoms with Gasteiger partial charge in [-0.25, -0.2) is 4.98 Å².